The van der Waals surface area contributed by atoms with Crippen molar-refractivity contribution in [1.82, 2.24) is 4.90 Å². The molecule has 0 radical (unpaired) electrons. The minimum absolute atomic E-state index is 0.0110. The van der Waals surface area contributed by atoms with Gasteiger partial charge in [0.25, 0.3) is 0 Å². The van der Waals surface area contributed by atoms with Crippen LogP contribution in [0.15, 0.2) is 0 Å². The van der Waals surface area contributed by atoms with Crippen molar-refractivity contribution in [2.24, 2.45) is 5.92 Å². The van der Waals surface area contributed by atoms with Crippen LogP contribution in [0.4, 0.5) is 0 Å². The highest BCUT2D eigenvalue weighted by molar-refractivity contribution is 8.24. The predicted octanol–water partition coefficient (Wildman–Crippen LogP) is 13.1. The van der Waals surface area contributed by atoms with Crippen LogP contribution in [0.5, 0.6) is 0 Å². The Bertz CT molecular complexity index is 789. The SMILES string of the molecule is CCCCCCCCC(SCCCCC)C(=O)OCCCCCCN(CCCCO)CCCCCCOC(CCCCCCC)OS(C)(C)OCC(C)C. The summed E-state index contributed by atoms with van der Waals surface area (Å²) in [6, 6.07) is 0. The molecule has 0 rings (SSSR count). The van der Waals surface area contributed by atoms with E-state index in [-0.39, 0.29) is 24.1 Å². The van der Waals surface area contributed by atoms with E-state index in [0.29, 0.717) is 12.5 Å². The minimum Gasteiger partial charge on any atom is -0.465 e. The monoisotopic (exact) mass is 808 g/mol. The third-order valence-electron chi connectivity index (χ3n) is 9.89. The first kappa shape index (κ1) is 54.0. The Morgan fingerprint density at radius 3 is 1.72 bits per heavy atom. The van der Waals surface area contributed by atoms with E-state index in [9.17, 15) is 9.90 Å². The predicted molar refractivity (Wildman–Crippen MR) is 239 cm³/mol. The maximum absolute atomic E-state index is 13.0. The van der Waals surface area contributed by atoms with E-state index in [4.69, 9.17) is 17.8 Å². The fourth-order valence-electron chi connectivity index (χ4n) is 6.46. The summed E-state index contributed by atoms with van der Waals surface area (Å²) in [5.41, 5.74) is 0. The Balaban J connectivity index is 4.46. The molecule has 0 aromatic rings. The van der Waals surface area contributed by atoms with Crippen molar-refractivity contribution in [2.45, 2.75) is 213 Å². The number of unbranched alkanes of at least 4 members (excludes halogenated alkanes) is 18. The molecule has 0 spiro atoms. The number of nitrogens with zero attached hydrogens (tertiary/aromatic N) is 1. The number of aliphatic hydroxyl groups is 1. The third kappa shape index (κ3) is 36.3. The fourth-order valence-corrected chi connectivity index (χ4v) is 8.98. The third-order valence-corrected chi connectivity index (χ3v) is 12.6. The lowest BCUT2D eigenvalue weighted by Crippen LogP contribution is -2.27. The first-order valence-electron chi connectivity index (χ1n) is 23.0. The summed E-state index contributed by atoms with van der Waals surface area (Å²) < 4.78 is 24.7. The summed E-state index contributed by atoms with van der Waals surface area (Å²) in [5.74, 6) is 1.58. The van der Waals surface area contributed by atoms with Gasteiger partial charge in [-0.1, -0.05) is 137 Å². The summed E-state index contributed by atoms with van der Waals surface area (Å²) in [6.07, 6.45) is 34.3. The average Bonchev–Trinajstić information content (AvgIpc) is 3.14. The Morgan fingerprint density at radius 2 is 1.13 bits per heavy atom. The van der Waals surface area contributed by atoms with Crippen molar-refractivity contribution >= 4 is 28.3 Å². The first-order valence-corrected chi connectivity index (χ1v) is 26.3. The lowest BCUT2D eigenvalue weighted by atomic mass is 10.1. The van der Waals surface area contributed by atoms with Crippen molar-refractivity contribution in [3.8, 4) is 0 Å². The van der Waals surface area contributed by atoms with Gasteiger partial charge in [-0.25, -0.2) is 0 Å². The van der Waals surface area contributed by atoms with Crippen LogP contribution >= 0.6 is 22.4 Å². The molecule has 0 bridgehead atoms. The van der Waals surface area contributed by atoms with E-state index >= 15 is 0 Å². The number of aliphatic hydroxyl groups excluding tert-OH is 1. The molecule has 0 aliphatic rings. The van der Waals surface area contributed by atoms with Crippen LogP contribution in [0.25, 0.3) is 0 Å². The minimum atomic E-state index is -1.59. The van der Waals surface area contributed by atoms with E-state index in [1.165, 1.54) is 109 Å². The van der Waals surface area contributed by atoms with Gasteiger partial charge in [-0.05, 0) is 89.1 Å². The number of carbonyl (C=O) groups excluding carboxylic acids is 1. The van der Waals surface area contributed by atoms with Crippen molar-refractivity contribution < 1.29 is 27.7 Å². The van der Waals surface area contributed by atoms with Gasteiger partial charge in [-0.2, -0.15) is 10.6 Å². The Hall–Kier alpha value is -0.0300. The summed E-state index contributed by atoms with van der Waals surface area (Å²) in [4.78, 5) is 15.6. The zero-order valence-corrected chi connectivity index (χ0v) is 38.7. The van der Waals surface area contributed by atoms with Gasteiger partial charge in [-0.3, -0.25) is 13.2 Å². The van der Waals surface area contributed by atoms with Crippen LogP contribution in [0.2, 0.25) is 0 Å². The molecular formula is C45H93NO6S2. The lowest BCUT2D eigenvalue weighted by molar-refractivity contribution is -0.143. The van der Waals surface area contributed by atoms with Crippen LogP contribution in [0.3, 0.4) is 0 Å². The number of rotatable bonds is 43. The molecule has 9 heteroatoms. The van der Waals surface area contributed by atoms with Crippen molar-refractivity contribution in [2.75, 3.05) is 64.3 Å². The lowest BCUT2D eigenvalue weighted by Gasteiger charge is -2.39. The van der Waals surface area contributed by atoms with Gasteiger partial charge in [0, 0.05) is 32.1 Å². The second kappa shape index (κ2) is 39.8. The number of thioether (sulfide) groups is 1. The largest absolute Gasteiger partial charge is 0.465 e. The fraction of sp³-hybridized carbons (Fsp3) is 0.978. The second-order valence-corrected chi connectivity index (χ2v) is 20.3. The summed E-state index contributed by atoms with van der Waals surface area (Å²) >= 11 is 1.83. The highest BCUT2D eigenvalue weighted by atomic mass is 32.3. The Morgan fingerprint density at radius 1 is 0.630 bits per heavy atom. The van der Waals surface area contributed by atoms with Crippen LogP contribution in [-0.2, 0) is 22.6 Å². The summed E-state index contributed by atoms with van der Waals surface area (Å²) in [5, 5.41) is 9.35. The van der Waals surface area contributed by atoms with Crippen LogP contribution < -0.4 is 0 Å². The molecule has 54 heavy (non-hydrogen) atoms. The Kier molecular flexibility index (Phi) is 39.8. The summed E-state index contributed by atoms with van der Waals surface area (Å²) in [6.45, 7) is 16.7. The molecule has 7 nitrogen and oxygen atoms in total. The van der Waals surface area contributed by atoms with E-state index < -0.39 is 10.6 Å². The standard InChI is InChI=1S/C45H93NO6S2/c1-8-11-14-16-18-23-32-43(53-40-31-13-10-3)45(48)50-39-30-22-20-26-35-46(36-27-28-37-47)34-25-19-21-29-38-49-44(33-24-17-15-12-9-2)52-54(6,7)51-41-42(4)5/h42-44,47H,8-41H2,1-7H3. The molecular weight excluding hydrogens is 715 g/mol. The molecule has 0 saturated heterocycles. The van der Waals surface area contributed by atoms with Gasteiger partial charge in [0.1, 0.15) is 5.25 Å². The van der Waals surface area contributed by atoms with Gasteiger partial charge < -0.3 is 19.5 Å². The van der Waals surface area contributed by atoms with Gasteiger partial charge >= 0.3 is 5.97 Å². The summed E-state index contributed by atoms with van der Waals surface area (Å²) in [7, 11) is -1.59. The van der Waals surface area contributed by atoms with E-state index in [1.54, 1.807) is 0 Å². The number of hydrogen-bond acceptors (Lipinski definition) is 8. The van der Waals surface area contributed by atoms with Gasteiger partial charge in [0.2, 0.25) is 0 Å². The van der Waals surface area contributed by atoms with Gasteiger partial charge in [0.05, 0.1) is 13.2 Å². The van der Waals surface area contributed by atoms with Crippen LogP contribution in [-0.4, -0.2) is 91.8 Å². The van der Waals surface area contributed by atoms with Gasteiger partial charge in [0.15, 0.2) is 6.29 Å². The molecule has 0 aliphatic carbocycles. The zero-order chi connectivity index (χ0) is 40.0. The van der Waals surface area contributed by atoms with E-state index in [0.717, 1.165) is 96.4 Å². The average molecular weight is 808 g/mol. The quantitative estimate of drug-likeness (QED) is 0.0371. The molecule has 0 heterocycles. The molecule has 0 aromatic heterocycles. The molecule has 326 valence electrons. The van der Waals surface area contributed by atoms with Crippen molar-refractivity contribution in [1.29, 1.82) is 0 Å². The maximum atomic E-state index is 13.0. The second-order valence-electron chi connectivity index (χ2n) is 16.3. The van der Waals surface area contributed by atoms with Gasteiger partial charge in [-0.15, -0.1) is 11.8 Å². The van der Waals surface area contributed by atoms with E-state index in [1.807, 2.05) is 11.8 Å². The molecule has 1 N–H and O–H groups in total. The van der Waals surface area contributed by atoms with Crippen molar-refractivity contribution in [3.63, 3.8) is 0 Å². The highest BCUT2D eigenvalue weighted by Gasteiger charge is 2.21. The molecule has 0 aliphatic heterocycles. The molecule has 2 atom stereocenters. The number of ether oxygens (including phenoxy) is 2. The zero-order valence-electron chi connectivity index (χ0n) is 37.0. The first-order chi connectivity index (χ1) is 26.2. The normalized spacial score (nSPS) is 13.6. The number of carbonyl (C=O) groups is 1. The molecule has 0 fully saturated rings. The van der Waals surface area contributed by atoms with E-state index in [2.05, 4.69) is 52.0 Å². The molecule has 2 unspecified atom stereocenters. The van der Waals surface area contributed by atoms with Crippen molar-refractivity contribution in [3.05, 3.63) is 0 Å². The Labute approximate surface area is 343 Å². The molecule has 0 aromatic carbocycles. The van der Waals surface area contributed by atoms with Crippen LogP contribution in [0.1, 0.15) is 202 Å². The van der Waals surface area contributed by atoms with Crippen LogP contribution in [0, 0.1) is 5.92 Å². The highest BCUT2D eigenvalue weighted by Crippen LogP contribution is 2.45. The number of hydrogen-bond donors (Lipinski definition) is 1. The molecule has 0 saturated carbocycles. The topological polar surface area (TPSA) is 77.5 Å². The maximum Gasteiger partial charge on any atom is 0.319 e. The smallest absolute Gasteiger partial charge is 0.319 e. The molecule has 0 amide bonds. The number of esters is 1.